The van der Waals surface area contributed by atoms with Crippen LogP contribution in [0.5, 0.6) is 0 Å². The van der Waals surface area contributed by atoms with Crippen LogP contribution in [0, 0.1) is 0 Å². The Labute approximate surface area is 89.3 Å². The normalized spacial score (nSPS) is 20.9. The fourth-order valence-electron chi connectivity index (χ4n) is 2.39. The van der Waals surface area contributed by atoms with Gasteiger partial charge in [0, 0.05) is 24.3 Å². The first-order valence-corrected chi connectivity index (χ1v) is 5.48. The van der Waals surface area contributed by atoms with Crippen molar-refractivity contribution in [3.05, 3.63) is 42.2 Å². The van der Waals surface area contributed by atoms with Crippen LogP contribution in [0.2, 0.25) is 0 Å². The third-order valence-corrected chi connectivity index (χ3v) is 3.20. The van der Waals surface area contributed by atoms with Crippen molar-refractivity contribution in [2.45, 2.75) is 12.3 Å². The average molecular weight is 198 g/mol. The maximum atomic E-state index is 4.33. The molecule has 2 aromatic rings. The SMILES string of the molecule is c1ccc2c(C3CCNC3)cncc2c1. The first kappa shape index (κ1) is 8.86. The summed E-state index contributed by atoms with van der Waals surface area (Å²) >= 11 is 0. The van der Waals surface area contributed by atoms with Crippen molar-refractivity contribution >= 4 is 10.8 Å². The molecule has 1 aliphatic rings. The summed E-state index contributed by atoms with van der Waals surface area (Å²) in [4.78, 5) is 4.33. The van der Waals surface area contributed by atoms with E-state index in [0.717, 1.165) is 13.1 Å². The highest BCUT2D eigenvalue weighted by Gasteiger charge is 2.18. The Balaban J connectivity index is 2.16. The minimum absolute atomic E-state index is 0.642. The maximum Gasteiger partial charge on any atom is 0.0346 e. The fourth-order valence-corrected chi connectivity index (χ4v) is 2.39. The van der Waals surface area contributed by atoms with Crippen LogP contribution < -0.4 is 5.32 Å². The van der Waals surface area contributed by atoms with E-state index in [1.165, 1.54) is 22.8 Å². The second kappa shape index (κ2) is 3.63. The predicted octanol–water partition coefficient (Wildman–Crippen LogP) is 2.31. The molecule has 1 N–H and O–H groups in total. The molecule has 1 atom stereocenters. The summed E-state index contributed by atoms with van der Waals surface area (Å²) in [5.41, 5.74) is 1.40. The van der Waals surface area contributed by atoms with E-state index in [1.54, 1.807) is 0 Å². The van der Waals surface area contributed by atoms with Crippen LogP contribution in [-0.4, -0.2) is 18.1 Å². The lowest BCUT2D eigenvalue weighted by Gasteiger charge is -2.11. The zero-order chi connectivity index (χ0) is 10.1. The zero-order valence-electron chi connectivity index (χ0n) is 8.61. The average Bonchev–Trinajstić information content (AvgIpc) is 2.82. The van der Waals surface area contributed by atoms with E-state index in [4.69, 9.17) is 0 Å². The number of pyridine rings is 1. The van der Waals surface area contributed by atoms with Gasteiger partial charge in [0.1, 0.15) is 0 Å². The zero-order valence-corrected chi connectivity index (χ0v) is 8.61. The fraction of sp³-hybridized carbons (Fsp3) is 0.308. The second-order valence-electron chi connectivity index (χ2n) is 4.14. The molecule has 3 rings (SSSR count). The molecule has 0 radical (unpaired) electrons. The standard InChI is InChI=1S/C13H14N2/c1-2-4-12-10(3-1)8-15-9-13(12)11-5-6-14-7-11/h1-4,8-9,11,14H,5-7H2. The molecule has 2 nitrogen and oxygen atoms in total. The first-order valence-electron chi connectivity index (χ1n) is 5.48. The molecule has 0 aliphatic carbocycles. The highest BCUT2D eigenvalue weighted by molar-refractivity contribution is 5.85. The monoisotopic (exact) mass is 198 g/mol. The van der Waals surface area contributed by atoms with Gasteiger partial charge in [0.25, 0.3) is 0 Å². The van der Waals surface area contributed by atoms with Gasteiger partial charge in [0.2, 0.25) is 0 Å². The van der Waals surface area contributed by atoms with Gasteiger partial charge in [-0.2, -0.15) is 0 Å². The highest BCUT2D eigenvalue weighted by atomic mass is 14.9. The van der Waals surface area contributed by atoms with Gasteiger partial charge in [-0.05, 0) is 29.8 Å². The number of hydrogen-bond acceptors (Lipinski definition) is 2. The van der Waals surface area contributed by atoms with E-state index < -0.39 is 0 Å². The van der Waals surface area contributed by atoms with Crippen LogP contribution in [0.4, 0.5) is 0 Å². The van der Waals surface area contributed by atoms with Crippen molar-refractivity contribution in [3.8, 4) is 0 Å². The van der Waals surface area contributed by atoms with Crippen LogP contribution in [0.1, 0.15) is 17.9 Å². The Morgan fingerprint density at radius 1 is 1.20 bits per heavy atom. The molecule has 1 saturated heterocycles. The molecule has 0 amide bonds. The van der Waals surface area contributed by atoms with Gasteiger partial charge in [-0.3, -0.25) is 4.98 Å². The summed E-state index contributed by atoms with van der Waals surface area (Å²) < 4.78 is 0. The van der Waals surface area contributed by atoms with E-state index in [2.05, 4.69) is 34.6 Å². The third-order valence-electron chi connectivity index (χ3n) is 3.20. The van der Waals surface area contributed by atoms with Crippen LogP contribution in [0.15, 0.2) is 36.7 Å². The molecule has 1 unspecified atom stereocenters. The summed E-state index contributed by atoms with van der Waals surface area (Å²) in [7, 11) is 0. The minimum atomic E-state index is 0.642. The molecule has 0 saturated carbocycles. The van der Waals surface area contributed by atoms with Gasteiger partial charge < -0.3 is 5.32 Å². The molecule has 0 bridgehead atoms. The molecule has 2 heteroatoms. The molecule has 0 spiro atoms. The molecule has 2 heterocycles. The second-order valence-corrected chi connectivity index (χ2v) is 4.14. The van der Waals surface area contributed by atoms with Crippen molar-refractivity contribution in [3.63, 3.8) is 0 Å². The van der Waals surface area contributed by atoms with E-state index in [-0.39, 0.29) is 0 Å². The number of nitrogens with one attached hydrogen (secondary N) is 1. The van der Waals surface area contributed by atoms with Gasteiger partial charge >= 0.3 is 0 Å². The molecule has 1 aromatic heterocycles. The summed E-state index contributed by atoms with van der Waals surface area (Å²) in [6.07, 6.45) is 5.21. The van der Waals surface area contributed by atoms with E-state index >= 15 is 0 Å². The van der Waals surface area contributed by atoms with Crippen LogP contribution in [0.3, 0.4) is 0 Å². The van der Waals surface area contributed by atoms with Gasteiger partial charge in [0.15, 0.2) is 0 Å². The van der Waals surface area contributed by atoms with E-state index in [1.807, 2.05) is 12.4 Å². The quantitative estimate of drug-likeness (QED) is 0.760. The molecule has 15 heavy (non-hydrogen) atoms. The first-order chi connectivity index (χ1) is 7.45. The Bertz CT molecular complexity index is 467. The topological polar surface area (TPSA) is 24.9 Å². The molecular formula is C13H14N2. The minimum Gasteiger partial charge on any atom is -0.316 e. The number of rotatable bonds is 1. The molecular weight excluding hydrogens is 184 g/mol. The lowest BCUT2D eigenvalue weighted by Crippen LogP contribution is -2.08. The van der Waals surface area contributed by atoms with E-state index in [0.29, 0.717) is 5.92 Å². The number of nitrogens with zero attached hydrogens (tertiary/aromatic N) is 1. The number of aromatic nitrogens is 1. The van der Waals surface area contributed by atoms with Crippen molar-refractivity contribution in [2.75, 3.05) is 13.1 Å². The van der Waals surface area contributed by atoms with Crippen LogP contribution in [-0.2, 0) is 0 Å². The Morgan fingerprint density at radius 2 is 2.13 bits per heavy atom. The lowest BCUT2D eigenvalue weighted by atomic mass is 9.95. The van der Waals surface area contributed by atoms with E-state index in [9.17, 15) is 0 Å². The number of benzene rings is 1. The van der Waals surface area contributed by atoms with Crippen molar-refractivity contribution < 1.29 is 0 Å². The highest BCUT2D eigenvalue weighted by Crippen LogP contribution is 2.28. The third kappa shape index (κ3) is 1.51. The Morgan fingerprint density at radius 3 is 3.00 bits per heavy atom. The maximum absolute atomic E-state index is 4.33. The summed E-state index contributed by atoms with van der Waals surface area (Å²) in [6.45, 7) is 2.23. The smallest absolute Gasteiger partial charge is 0.0346 e. The van der Waals surface area contributed by atoms with Gasteiger partial charge in [-0.15, -0.1) is 0 Å². The van der Waals surface area contributed by atoms with Gasteiger partial charge in [-0.25, -0.2) is 0 Å². The summed E-state index contributed by atoms with van der Waals surface area (Å²) in [6, 6.07) is 8.51. The van der Waals surface area contributed by atoms with Crippen LogP contribution in [0.25, 0.3) is 10.8 Å². The predicted molar refractivity (Wildman–Crippen MR) is 62.0 cm³/mol. The molecule has 1 aromatic carbocycles. The molecule has 76 valence electrons. The molecule has 1 fully saturated rings. The summed E-state index contributed by atoms with van der Waals surface area (Å²) in [5.74, 6) is 0.642. The Hall–Kier alpha value is -1.41. The van der Waals surface area contributed by atoms with Crippen LogP contribution >= 0.6 is 0 Å². The lowest BCUT2D eigenvalue weighted by molar-refractivity contribution is 0.766. The Kier molecular flexibility index (Phi) is 2.14. The van der Waals surface area contributed by atoms with Gasteiger partial charge in [-0.1, -0.05) is 24.3 Å². The number of hydrogen-bond donors (Lipinski definition) is 1. The van der Waals surface area contributed by atoms with Crippen molar-refractivity contribution in [2.24, 2.45) is 0 Å². The molecule has 1 aliphatic heterocycles. The van der Waals surface area contributed by atoms with Crippen molar-refractivity contribution in [1.82, 2.24) is 10.3 Å². The largest absolute Gasteiger partial charge is 0.316 e. The van der Waals surface area contributed by atoms with Gasteiger partial charge in [0.05, 0.1) is 0 Å². The number of fused-ring (bicyclic) bond motifs is 1. The summed E-state index contributed by atoms with van der Waals surface area (Å²) in [5, 5.41) is 6.02. The van der Waals surface area contributed by atoms with Crippen molar-refractivity contribution in [1.29, 1.82) is 0 Å².